The number of hydrogen-bond acceptors (Lipinski definition) is 4. The standard InChI is InChI=1S/C18H15N3O/c1-12-8-15(21-18-9-14(20)4-7-17(12)18)11-22-16-5-2-13(10-19)3-6-16/h2-9H,11,20H2,1H3. The minimum Gasteiger partial charge on any atom is -0.487 e. The Kier molecular flexibility index (Phi) is 3.63. The molecule has 4 heteroatoms. The summed E-state index contributed by atoms with van der Waals surface area (Å²) in [5, 5.41) is 9.87. The predicted molar refractivity (Wildman–Crippen MR) is 86.4 cm³/mol. The lowest BCUT2D eigenvalue weighted by Gasteiger charge is -2.09. The third-order valence-corrected chi connectivity index (χ3v) is 3.46. The Balaban J connectivity index is 1.82. The van der Waals surface area contributed by atoms with Crippen LogP contribution in [0.15, 0.2) is 48.5 Å². The van der Waals surface area contributed by atoms with E-state index in [9.17, 15) is 0 Å². The highest BCUT2D eigenvalue weighted by atomic mass is 16.5. The van der Waals surface area contributed by atoms with Crippen molar-refractivity contribution in [3.8, 4) is 11.8 Å². The van der Waals surface area contributed by atoms with Crippen molar-refractivity contribution < 1.29 is 4.74 Å². The fourth-order valence-electron chi connectivity index (χ4n) is 2.35. The van der Waals surface area contributed by atoms with Crippen LogP contribution >= 0.6 is 0 Å². The molecule has 22 heavy (non-hydrogen) atoms. The lowest BCUT2D eigenvalue weighted by Crippen LogP contribution is -2.00. The van der Waals surface area contributed by atoms with Gasteiger partial charge in [0.05, 0.1) is 22.8 Å². The molecule has 0 saturated heterocycles. The monoisotopic (exact) mass is 289 g/mol. The molecule has 2 aromatic carbocycles. The van der Waals surface area contributed by atoms with E-state index >= 15 is 0 Å². The fraction of sp³-hybridized carbons (Fsp3) is 0.111. The molecule has 0 atom stereocenters. The van der Waals surface area contributed by atoms with Crippen molar-refractivity contribution in [2.24, 2.45) is 0 Å². The largest absolute Gasteiger partial charge is 0.487 e. The number of anilines is 1. The second-order valence-corrected chi connectivity index (χ2v) is 5.13. The molecule has 3 rings (SSSR count). The number of aromatic nitrogens is 1. The van der Waals surface area contributed by atoms with Crippen molar-refractivity contribution >= 4 is 16.6 Å². The molecule has 1 aromatic heterocycles. The van der Waals surface area contributed by atoms with Crippen molar-refractivity contribution in [1.29, 1.82) is 5.26 Å². The van der Waals surface area contributed by atoms with Crippen molar-refractivity contribution in [2.75, 3.05) is 5.73 Å². The highest BCUT2D eigenvalue weighted by Gasteiger charge is 2.04. The number of benzene rings is 2. The quantitative estimate of drug-likeness (QED) is 0.748. The minimum atomic E-state index is 0.372. The molecule has 2 N–H and O–H groups in total. The molecule has 0 aliphatic carbocycles. The zero-order chi connectivity index (χ0) is 15.5. The van der Waals surface area contributed by atoms with Gasteiger partial charge in [-0.15, -0.1) is 0 Å². The molecule has 0 saturated carbocycles. The Hall–Kier alpha value is -3.06. The number of fused-ring (bicyclic) bond motifs is 1. The molecule has 4 nitrogen and oxygen atoms in total. The summed E-state index contributed by atoms with van der Waals surface area (Å²) in [5.74, 6) is 0.714. The van der Waals surface area contributed by atoms with E-state index < -0.39 is 0 Å². The SMILES string of the molecule is Cc1cc(COc2ccc(C#N)cc2)nc2cc(N)ccc12. The first-order valence-corrected chi connectivity index (χ1v) is 6.94. The molecule has 0 spiro atoms. The van der Waals surface area contributed by atoms with Gasteiger partial charge in [-0.25, -0.2) is 4.98 Å². The first kappa shape index (κ1) is 13.9. The summed E-state index contributed by atoms with van der Waals surface area (Å²) in [5.41, 5.74) is 9.99. The third-order valence-electron chi connectivity index (χ3n) is 3.46. The van der Waals surface area contributed by atoms with Crippen LogP contribution in [-0.4, -0.2) is 4.98 Å². The van der Waals surface area contributed by atoms with Crippen LogP contribution in [0.25, 0.3) is 10.9 Å². The van der Waals surface area contributed by atoms with Crippen molar-refractivity contribution in [1.82, 2.24) is 4.98 Å². The maximum atomic E-state index is 8.78. The Morgan fingerprint density at radius 1 is 1.14 bits per heavy atom. The molecule has 0 amide bonds. The average molecular weight is 289 g/mol. The molecule has 0 bridgehead atoms. The Labute approximate surface area is 128 Å². The van der Waals surface area contributed by atoms with Gasteiger partial charge < -0.3 is 10.5 Å². The summed E-state index contributed by atoms with van der Waals surface area (Å²) in [4.78, 5) is 4.59. The Morgan fingerprint density at radius 3 is 2.64 bits per heavy atom. The maximum Gasteiger partial charge on any atom is 0.130 e. The average Bonchev–Trinajstić information content (AvgIpc) is 2.53. The zero-order valence-electron chi connectivity index (χ0n) is 12.2. The van der Waals surface area contributed by atoms with Crippen molar-refractivity contribution in [2.45, 2.75) is 13.5 Å². The van der Waals surface area contributed by atoms with Crippen LogP contribution < -0.4 is 10.5 Å². The lowest BCUT2D eigenvalue weighted by atomic mass is 10.1. The van der Waals surface area contributed by atoms with Crippen LogP contribution in [0.2, 0.25) is 0 Å². The van der Waals surface area contributed by atoms with Crippen LogP contribution in [0.5, 0.6) is 5.75 Å². The van der Waals surface area contributed by atoms with Gasteiger partial charge in [-0.3, -0.25) is 0 Å². The van der Waals surface area contributed by atoms with Gasteiger partial charge in [0.15, 0.2) is 0 Å². The number of hydrogen-bond donors (Lipinski definition) is 1. The van der Waals surface area contributed by atoms with Crippen LogP contribution in [-0.2, 0) is 6.61 Å². The summed E-state index contributed by atoms with van der Waals surface area (Å²) in [6.45, 7) is 2.42. The molecule has 0 unspecified atom stereocenters. The van der Waals surface area contributed by atoms with E-state index in [-0.39, 0.29) is 0 Å². The number of nitrogens with zero attached hydrogens (tertiary/aromatic N) is 2. The van der Waals surface area contributed by atoms with Crippen molar-refractivity contribution in [3.05, 3.63) is 65.4 Å². The lowest BCUT2D eigenvalue weighted by molar-refractivity contribution is 0.301. The van der Waals surface area contributed by atoms with Gasteiger partial charge in [0.25, 0.3) is 0 Å². The molecule has 0 fully saturated rings. The van der Waals surface area contributed by atoms with Crippen LogP contribution in [0.1, 0.15) is 16.8 Å². The summed E-state index contributed by atoms with van der Waals surface area (Å²) >= 11 is 0. The Morgan fingerprint density at radius 2 is 1.91 bits per heavy atom. The van der Waals surface area contributed by atoms with Gasteiger partial charge in [0.1, 0.15) is 12.4 Å². The fourth-order valence-corrected chi connectivity index (χ4v) is 2.35. The third kappa shape index (κ3) is 2.84. The van der Waals surface area contributed by atoms with E-state index in [0.717, 1.165) is 22.2 Å². The molecular formula is C18H15N3O. The number of rotatable bonds is 3. The molecule has 108 valence electrons. The highest BCUT2D eigenvalue weighted by molar-refractivity contribution is 5.84. The van der Waals surface area contributed by atoms with Crippen LogP contribution in [0, 0.1) is 18.3 Å². The van der Waals surface area contributed by atoms with E-state index in [1.165, 1.54) is 0 Å². The second kappa shape index (κ2) is 5.74. The summed E-state index contributed by atoms with van der Waals surface area (Å²) in [7, 11) is 0. The smallest absolute Gasteiger partial charge is 0.130 e. The topological polar surface area (TPSA) is 71.9 Å². The molecular weight excluding hydrogens is 274 g/mol. The summed E-state index contributed by atoms with van der Waals surface area (Å²) in [6, 6.07) is 16.9. The molecule has 0 aliphatic rings. The van der Waals surface area contributed by atoms with Crippen molar-refractivity contribution in [3.63, 3.8) is 0 Å². The van der Waals surface area contributed by atoms with Gasteiger partial charge >= 0.3 is 0 Å². The van der Waals surface area contributed by atoms with E-state index in [4.69, 9.17) is 15.7 Å². The van der Waals surface area contributed by atoms with Gasteiger partial charge in [-0.1, -0.05) is 6.07 Å². The normalized spacial score (nSPS) is 10.4. The molecule has 3 aromatic rings. The van der Waals surface area contributed by atoms with E-state index in [0.29, 0.717) is 23.6 Å². The maximum absolute atomic E-state index is 8.78. The molecule has 0 radical (unpaired) electrons. The highest BCUT2D eigenvalue weighted by Crippen LogP contribution is 2.21. The zero-order valence-corrected chi connectivity index (χ0v) is 12.2. The van der Waals surface area contributed by atoms with Gasteiger partial charge in [-0.2, -0.15) is 5.26 Å². The van der Waals surface area contributed by atoms with E-state index in [2.05, 4.69) is 11.1 Å². The minimum absolute atomic E-state index is 0.372. The van der Waals surface area contributed by atoms with Gasteiger partial charge in [0, 0.05) is 11.1 Å². The summed E-state index contributed by atoms with van der Waals surface area (Å²) in [6.07, 6.45) is 0. The number of aryl methyl sites for hydroxylation is 1. The number of ether oxygens (including phenoxy) is 1. The first-order valence-electron chi connectivity index (χ1n) is 6.94. The number of nitrogens with two attached hydrogens (primary N) is 1. The number of nitrogen functional groups attached to an aromatic ring is 1. The Bertz CT molecular complexity index is 864. The first-order chi connectivity index (χ1) is 10.7. The number of nitriles is 1. The van der Waals surface area contributed by atoms with Gasteiger partial charge in [-0.05, 0) is 55.0 Å². The van der Waals surface area contributed by atoms with E-state index in [1.54, 1.807) is 24.3 Å². The predicted octanol–water partition coefficient (Wildman–Crippen LogP) is 3.58. The second-order valence-electron chi connectivity index (χ2n) is 5.13. The number of pyridine rings is 1. The van der Waals surface area contributed by atoms with E-state index in [1.807, 2.05) is 31.2 Å². The van der Waals surface area contributed by atoms with Crippen LogP contribution in [0.4, 0.5) is 5.69 Å². The molecule has 1 heterocycles. The summed E-state index contributed by atoms with van der Waals surface area (Å²) < 4.78 is 5.72. The van der Waals surface area contributed by atoms with Gasteiger partial charge in [0.2, 0.25) is 0 Å². The van der Waals surface area contributed by atoms with Crippen LogP contribution in [0.3, 0.4) is 0 Å². The molecule has 0 aliphatic heterocycles.